The van der Waals surface area contributed by atoms with Crippen LogP contribution in [0.2, 0.25) is 0 Å². The number of hydrogen-bond acceptors (Lipinski definition) is 6. The first kappa shape index (κ1) is 32.4. The van der Waals surface area contributed by atoms with Crippen molar-refractivity contribution in [2.45, 2.75) is 90.9 Å². The molecule has 0 aliphatic heterocycles. The molecule has 148 valence electrons. The number of rotatable bonds is 12. The molecule has 0 spiro atoms. The van der Waals surface area contributed by atoms with Gasteiger partial charge in [-0.3, -0.25) is 0 Å². The van der Waals surface area contributed by atoms with Crippen molar-refractivity contribution >= 4 is 8.60 Å². The fourth-order valence-corrected chi connectivity index (χ4v) is 1.78. The fraction of sp³-hybridized carbons (Fsp3) is 1.00. The Kier molecular flexibility index (Phi) is 52.7. The molecule has 0 bridgehead atoms. The Morgan fingerprint density at radius 1 is 0.583 bits per heavy atom. The van der Waals surface area contributed by atoms with E-state index in [1.54, 1.807) is 0 Å². The summed E-state index contributed by atoms with van der Waals surface area (Å²) in [6, 6.07) is 0. The van der Waals surface area contributed by atoms with Crippen molar-refractivity contribution in [2.24, 2.45) is 0 Å². The van der Waals surface area contributed by atoms with Crippen LogP contribution in [0.3, 0.4) is 0 Å². The van der Waals surface area contributed by atoms with Gasteiger partial charge in [-0.25, -0.2) is 0 Å². The van der Waals surface area contributed by atoms with Gasteiger partial charge in [-0.15, -0.1) is 0 Å². The Labute approximate surface area is 161 Å². The monoisotopic (exact) mass is 406 g/mol. The molecule has 0 amide bonds. The molecule has 24 heavy (non-hydrogen) atoms. The predicted molar refractivity (Wildman–Crippen MR) is 95.2 cm³/mol. The number of hydrogen-bond donors (Lipinski definition) is 5. The molecular weight excluding hydrogens is 367 g/mol. The van der Waals surface area contributed by atoms with Gasteiger partial charge in [0.1, 0.15) is 0 Å². The van der Waals surface area contributed by atoms with Gasteiger partial charge in [0.2, 0.25) is 0 Å². The van der Waals surface area contributed by atoms with Gasteiger partial charge < -0.3 is 24.9 Å². The molecule has 0 aromatic carbocycles. The van der Waals surface area contributed by atoms with Crippen molar-refractivity contribution in [1.29, 1.82) is 0 Å². The molecule has 0 aromatic heterocycles. The summed E-state index contributed by atoms with van der Waals surface area (Å²) >= 11 is 0.750. The van der Waals surface area contributed by atoms with E-state index >= 15 is 0 Å². The summed E-state index contributed by atoms with van der Waals surface area (Å²) in [5.41, 5.74) is 0. The van der Waals surface area contributed by atoms with E-state index in [0.29, 0.717) is 13.2 Å². The maximum absolute atomic E-state index is 8.42. The molecule has 0 fully saturated rings. The summed E-state index contributed by atoms with van der Waals surface area (Å²) in [6.45, 7) is 5.16. The van der Waals surface area contributed by atoms with Crippen LogP contribution in [0.4, 0.5) is 0 Å². The van der Waals surface area contributed by atoms with Crippen molar-refractivity contribution in [1.82, 2.24) is 0 Å². The Hall–Kier alpha value is 0.744. The van der Waals surface area contributed by atoms with Crippen molar-refractivity contribution < 1.29 is 48.6 Å². The molecule has 0 saturated carbocycles. The summed E-state index contributed by atoms with van der Waals surface area (Å²) in [6.07, 6.45) is 15.0. The van der Waals surface area contributed by atoms with Crippen LogP contribution in [-0.4, -0.2) is 38.1 Å². The zero-order valence-electron chi connectivity index (χ0n) is 15.5. The summed E-state index contributed by atoms with van der Waals surface area (Å²) in [5, 5.41) is 16.8. The average Bonchev–Trinajstić information content (AvgIpc) is 2.57. The standard InChI is InChI=1S/2C8H18O.H3O3P.O.Ti/c2*1-2-3-4-5-6-7-8-9;1-4(2)3;;/h2*9H,2-8H2,1H3;1-3H;;. The van der Waals surface area contributed by atoms with E-state index < -0.39 is 8.60 Å². The Balaban J connectivity index is -0.000000126. The summed E-state index contributed by atoms with van der Waals surface area (Å²) in [5.74, 6) is 0. The molecule has 5 N–H and O–H groups in total. The zero-order chi connectivity index (χ0) is 19.5. The number of aliphatic hydroxyl groups is 2. The molecule has 0 unspecified atom stereocenters. The fourth-order valence-electron chi connectivity index (χ4n) is 1.78. The van der Waals surface area contributed by atoms with Crippen LogP contribution in [0.1, 0.15) is 90.9 Å². The molecule has 0 aliphatic rings. The molecular formula is C16H39O6PTi. The van der Waals surface area contributed by atoms with Crippen molar-refractivity contribution in [3.8, 4) is 0 Å². The third-order valence-electron chi connectivity index (χ3n) is 3.02. The van der Waals surface area contributed by atoms with Crippen LogP contribution >= 0.6 is 8.60 Å². The van der Waals surface area contributed by atoms with Crippen LogP contribution in [0.25, 0.3) is 0 Å². The van der Waals surface area contributed by atoms with Crippen LogP contribution < -0.4 is 0 Å². The predicted octanol–water partition coefficient (Wildman–Crippen LogP) is 3.75. The first-order chi connectivity index (χ1) is 11.6. The van der Waals surface area contributed by atoms with E-state index in [9.17, 15) is 0 Å². The molecule has 0 atom stereocenters. The summed E-state index contributed by atoms with van der Waals surface area (Å²) in [7, 11) is -2.62. The van der Waals surface area contributed by atoms with Crippen LogP contribution in [-0.2, 0) is 23.7 Å². The summed E-state index contributed by atoms with van der Waals surface area (Å²) < 4.78 is 8.25. The van der Waals surface area contributed by atoms with Crippen LogP contribution in [0.15, 0.2) is 0 Å². The molecule has 0 radical (unpaired) electrons. The van der Waals surface area contributed by atoms with Gasteiger partial charge in [-0.05, 0) is 12.8 Å². The first-order valence-electron chi connectivity index (χ1n) is 8.85. The van der Waals surface area contributed by atoms with E-state index in [4.69, 9.17) is 28.2 Å². The van der Waals surface area contributed by atoms with Gasteiger partial charge in [0, 0.05) is 13.2 Å². The van der Waals surface area contributed by atoms with E-state index in [1.807, 2.05) is 0 Å². The van der Waals surface area contributed by atoms with Gasteiger partial charge in [-0.2, -0.15) is 0 Å². The third-order valence-corrected chi connectivity index (χ3v) is 3.02. The number of aliphatic hydroxyl groups excluding tert-OH is 2. The second-order valence-electron chi connectivity index (χ2n) is 5.25. The molecule has 0 aromatic rings. The van der Waals surface area contributed by atoms with Crippen LogP contribution in [0, 0.1) is 0 Å². The zero-order valence-corrected chi connectivity index (χ0v) is 17.9. The minimum atomic E-state index is -2.62. The average molecular weight is 406 g/mol. The maximum atomic E-state index is 8.42. The van der Waals surface area contributed by atoms with Gasteiger partial charge in [0.15, 0.2) is 0 Å². The third kappa shape index (κ3) is 66.2. The Bertz CT molecular complexity index is 150. The SMILES string of the molecule is CCCCCCCCO.CCCCCCCCO.OP(O)O.[O]=[Ti]. The van der Waals surface area contributed by atoms with Crippen molar-refractivity contribution in [3.05, 3.63) is 0 Å². The van der Waals surface area contributed by atoms with E-state index in [-0.39, 0.29) is 0 Å². The molecule has 0 aliphatic carbocycles. The molecule has 0 heterocycles. The van der Waals surface area contributed by atoms with Gasteiger partial charge >= 0.3 is 32.3 Å². The van der Waals surface area contributed by atoms with Crippen molar-refractivity contribution in [3.63, 3.8) is 0 Å². The molecule has 0 rings (SSSR count). The van der Waals surface area contributed by atoms with Gasteiger partial charge in [0.25, 0.3) is 0 Å². The van der Waals surface area contributed by atoms with Gasteiger partial charge in [-0.1, -0.05) is 78.1 Å². The van der Waals surface area contributed by atoms with Crippen LogP contribution in [0.5, 0.6) is 0 Å². The Morgan fingerprint density at radius 3 is 1.00 bits per heavy atom. The van der Waals surface area contributed by atoms with E-state index in [2.05, 4.69) is 13.8 Å². The topological polar surface area (TPSA) is 118 Å². The normalized spacial score (nSPS) is 9.12. The van der Waals surface area contributed by atoms with E-state index in [1.165, 1.54) is 64.2 Å². The quantitative estimate of drug-likeness (QED) is 0.191. The molecule has 8 heteroatoms. The minimum absolute atomic E-state index is 0.367. The molecule has 0 saturated heterocycles. The second-order valence-corrected chi connectivity index (χ2v) is 5.79. The first-order valence-corrected chi connectivity index (χ1v) is 10.7. The van der Waals surface area contributed by atoms with E-state index in [0.717, 1.165) is 33.2 Å². The second kappa shape index (κ2) is 39.0. The Morgan fingerprint density at radius 2 is 0.792 bits per heavy atom. The number of unbranched alkanes of at least 4 members (excludes halogenated alkanes) is 10. The van der Waals surface area contributed by atoms with Crippen molar-refractivity contribution in [2.75, 3.05) is 13.2 Å². The molecule has 6 nitrogen and oxygen atoms in total. The summed E-state index contributed by atoms with van der Waals surface area (Å²) in [4.78, 5) is 21.7. The van der Waals surface area contributed by atoms with Gasteiger partial charge in [0.05, 0.1) is 0 Å².